The third-order valence-electron chi connectivity index (χ3n) is 11.8. The Morgan fingerprint density at radius 2 is 0.846 bits per heavy atom. The fourth-order valence-corrected chi connectivity index (χ4v) is 9.45. The molecule has 4 aromatic carbocycles. The van der Waals surface area contributed by atoms with Crippen molar-refractivity contribution in [1.29, 1.82) is 0 Å². The maximum Gasteiger partial charge on any atom is 0.291 e. The van der Waals surface area contributed by atoms with E-state index in [1.54, 1.807) is 68.1 Å². The largest absolute Gasteiger partial charge is 0.339 e. The van der Waals surface area contributed by atoms with Crippen molar-refractivity contribution in [2.75, 3.05) is 52.4 Å². The summed E-state index contributed by atoms with van der Waals surface area (Å²) in [6.07, 6.45) is 5.94. The number of nitrogens with zero attached hydrogens (tertiary/aromatic N) is 6. The van der Waals surface area contributed by atoms with Crippen LogP contribution in [0.1, 0.15) is 77.6 Å². The van der Waals surface area contributed by atoms with Gasteiger partial charge in [-0.2, -0.15) is 0 Å². The highest BCUT2D eigenvalue weighted by Gasteiger charge is 2.33. The van der Waals surface area contributed by atoms with Gasteiger partial charge >= 0.3 is 0 Å². The summed E-state index contributed by atoms with van der Waals surface area (Å²) in [6.45, 7) is 18.1. The molecule has 0 radical (unpaired) electrons. The molecular formula is C50H56N6O8S. The van der Waals surface area contributed by atoms with E-state index in [-0.39, 0.29) is 55.9 Å². The first-order chi connectivity index (χ1) is 30.7. The Labute approximate surface area is 384 Å². The van der Waals surface area contributed by atoms with Crippen molar-refractivity contribution < 1.29 is 29.0 Å². The number of nitro benzene ring substituents is 2. The van der Waals surface area contributed by atoms with E-state index in [1.165, 1.54) is 26.0 Å². The molecule has 14 nitrogen and oxygen atoms in total. The zero-order valence-electron chi connectivity index (χ0n) is 38.3. The van der Waals surface area contributed by atoms with Gasteiger partial charge in [0.1, 0.15) is 0 Å². The van der Waals surface area contributed by atoms with Crippen molar-refractivity contribution >= 4 is 58.9 Å². The minimum absolute atomic E-state index is 0.0612. The number of carbonyl (C=O) groups is 4. The lowest BCUT2D eigenvalue weighted by Gasteiger charge is -2.33. The van der Waals surface area contributed by atoms with E-state index >= 15 is 0 Å². The monoisotopic (exact) mass is 900 g/mol. The fourth-order valence-electron chi connectivity index (χ4n) is 8.39. The molecule has 0 spiro atoms. The predicted molar refractivity (Wildman–Crippen MR) is 254 cm³/mol. The second kappa shape index (κ2) is 19.6. The molecule has 0 saturated carbocycles. The minimum Gasteiger partial charge on any atom is -0.339 e. The molecule has 340 valence electrons. The van der Waals surface area contributed by atoms with Crippen molar-refractivity contribution in [3.63, 3.8) is 0 Å². The maximum atomic E-state index is 13.5. The molecule has 2 heterocycles. The van der Waals surface area contributed by atoms with Gasteiger partial charge in [-0.05, 0) is 68.5 Å². The van der Waals surface area contributed by atoms with E-state index in [0.29, 0.717) is 74.6 Å². The van der Waals surface area contributed by atoms with Crippen molar-refractivity contribution in [2.24, 2.45) is 0 Å². The molecule has 0 aliphatic carbocycles. The zero-order valence-corrected chi connectivity index (χ0v) is 39.1. The van der Waals surface area contributed by atoms with Gasteiger partial charge in [-0.3, -0.25) is 39.4 Å². The van der Waals surface area contributed by atoms with E-state index < -0.39 is 20.7 Å². The molecule has 0 atom stereocenters. The van der Waals surface area contributed by atoms with E-state index in [2.05, 4.69) is 0 Å². The maximum absolute atomic E-state index is 13.5. The van der Waals surface area contributed by atoms with Crippen molar-refractivity contribution in [2.45, 2.75) is 76.0 Å². The van der Waals surface area contributed by atoms with Gasteiger partial charge in [0.2, 0.25) is 23.6 Å². The zero-order chi connectivity index (χ0) is 47.4. The van der Waals surface area contributed by atoms with Gasteiger partial charge in [-0.1, -0.05) is 114 Å². The quantitative estimate of drug-likeness (QED) is 0.0857. The Kier molecular flexibility index (Phi) is 14.5. The van der Waals surface area contributed by atoms with Crippen molar-refractivity contribution in [3.8, 4) is 22.3 Å². The Morgan fingerprint density at radius 1 is 0.523 bits per heavy atom. The van der Waals surface area contributed by atoms with Gasteiger partial charge in [0.25, 0.3) is 11.4 Å². The van der Waals surface area contributed by atoms with Crippen LogP contribution in [0.15, 0.2) is 94.7 Å². The van der Waals surface area contributed by atoms with Crippen LogP contribution in [0.4, 0.5) is 11.4 Å². The van der Waals surface area contributed by atoms with Crippen LogP contribution in [-0.4, -0.2) is 105 Å². The van der Waals surface area contributed by atoms with Crippen molar-refractivity contribution in [3.05, 3.63) is 127 Å². The molecule has 6 rings (SSSR count). The molecule has 0 aromatic heterocycles. The molecule has 4 amide bonds. The molecule has 0 bridgehead atoms. The lowest BCUT2D eigenvalue weighted by Crippen LogP contribution is -2.49. The van der Waals surface area contributed by atoms with Crippen LogP contribution in [0, 0.1) is 20.2 Å². The summed E-state index contributed by atoms with van der Waals surface area (Å²) >= 11 is 0.912. The molecular weight excluding hydrogens is 845 g/mol. The normalized spacial score (nSPS) is 14.9. The molecule has 65 heavy (non-hydrogen) atoms. The Bertz CT molecular complexity index is 2420. The highest BCUT2D eigenvalue weighted by atomic mass is 32.2. The van der Waals surface area contributed by atoms with E-state index in [0.717, 1.165) is 22.9 Å². The van der Waals surface area contributed by atoms with Crippen molar-refractivity contribution in [1.82, 2.24) is 19.6 Å². The first-order valence-corrected chi connectivity index (χ1v) is 22.4. The Balaban J connectivity index is 1.51. The number of amides is 4. The first kappa shape index (κ1) is 47.9. The lowest BCUT2D eigenvalue weighted by atomic mass is 9.80. The highest BCUT2D eigenvalue weighted by molar-refractivity contribution is 7.99. The smallest absolute Gasteiger partial charge is 0.291 e. The van der Waals surface area contributed by atoms with Gasteiger partial charge in [0.05, 0.1) is 30.8 Å². The van der Waals surface area contributed by atoms with Crippen LogP contribution in [0.5, 0.6) is 0 Å². The summed E-state index contributed by atoms with van der Waals surface area (Å²) < 4.78 is 0. The van der Waals surface area contributed by atoms with Gasteiger partial charge < -0.3 is 19.6 Å². The van der Waals surface area contributed by atoms with Gasteiger partial charge in [-0.25, -0.2) is 0 Å². The summed E-state index contributed by atoms with van der Waals surface area (Å²) in [4.78, 5) is 83.8. The number of nitro groups is 2. The van der Waals surface area contributed by atoms with Crippen LogP contribution >= 0.6 is 11.8 Å². The van der Waals surface area contributed by atoms with E-state index in [4.69, 9.17) is 0 Å². The van der Waals surface area contributed by atoms with Gasteiger partial charge in [-0.15, -0.1) is 0 Å². The SMILES string of the molecule is CC(=O)N1CCN(C(=O)C=Cc2ccc(Sc3ccc(C=CC(=O)N4CCN(C(C)=O)CC4)c(-c4ccccc4C(C)(C)C)c3[N+](=O)[O-])c([N+](=O)[O-])c2-c2ccccc2C(C)(C)C)CC1. The Morgan fingerprint density at radius 3 is 1.15 bits per heavy atom. The fraction of sp³-hybridized carbons (Fsp3) is 0.360. The summed E-state index contributed by atoms with van der Waals surface area (Å²) in [5, 5.41) is 27.0. The molecule has 2 saturated heterocycles. The standard InChI is InChI=1S/C50H56N6O8S/c1-33(57)51-25-29-53(30-26-51)43(59)23-19-35-17-21-41(47(55(61)62)45(35)37-13-9-11-15-39(37)49(3,4)5)65-42-22-18-36(20-24-44(60)54-31-27-52(28-32-54)34(2)58)46(48(42)56(63)64)38-14-10-12-16-40(38)50(6,7)8/h9-24H,25-32H2,1-8H3. The van der Waals surface area contributed by atoms with Crippen LogP contribution in [0.25, 0.3) is 34.4 Å². The third kappa shape index (κ3) is 10.8. The molecule has 2 aliphatic heterocycles. The number of hydrogen-bond donors (Lipinski definition) is 0. The van der Waals surface area contributed by atoms with Crippen LogP contribution in [-0.2, 0) is 30.0 Å². The average molecular weight is 901 g/mol. The highest BCUT2D eigenvalue weighted by Crippen LogP contribution is 2.50. The minimum atomic E-state index is -0.474. The van der Waals surface area contributed by atoms with E-state index in [9.17, 15) is 39.4 Å². The molecule has 0 unspecified atom stereocenters. The van der Waals surface area contributed by atoms with Crippen LogP contribution < -0.4 is 0 Å². The van der Waals surface area contributed by atoms with Crippen LogP contribution in [0.2, 0.25) is 0 Å². The third-order valence-corrected chi connectivity index (χ3v) is 12.9. The average Bonchev–Trinajstić information content (AvgIpc) is 3.26. The second-order valence-corrected chi connectivity index (χ2v) is 19.4. The summed E-state index contributed by atoms with van der Waals surface area (Å²) in [6, 6.07) is 21.3. The van der Waals surface area contributed by atoms with Crippen LogP contribution in [0.3, 0.4) is 0 Å². The molecule has 2 fully saturated rings. The molecule has 2 aliphatic rings. The molecule has 4 aromatic rings. The number of benzene rings is 4. The van der Waals surface area contributed by atoms with Gasteiger partial charge in [0.15, 0.2) is 0 Å². The number of hydrogen-bond acceptors (Lipinski definition) is 9. The lowest BCUT2D eigenvalue weighted by molar-refractivity contribution is -0.387. The number of carbonyl (C=O) groups excluding carboxylic acids is 4. The Hall–Kier alpha value is -6.61. The summed E-state index contributed by atoms with van der Waals surface area (Å²) in [7, 11) is 0. The van der Waals surface area contributed by atoms with E-state index in [1.807, 2.05) is 77.9 Å². The number of piperazine rings is 2. The summed E-state index contributed by atoms with van der Waals surface area (Å²) in [5.41, 5.74) is 2.70. The number of rotatable bonds is 10. The predicted octanol–water partition coefficient (Wildman–Crippen LogP) is 8.99. The first-order valence-electron chi connectivity index (χ1n) is 21.6. The summed E-state index contributed by atoms with van der Waals surface area (Å²) in [5.74, 6) is -0.716. The second-order valence-electron chi connectivity index (χ2n) is 18.3. The van der Waals surface area contributed by atoms with Gasteiger partial charge in [0, 0.05) is 78.4 Å². The molecule has 0 N–H and O–H groups in total. The molecule has 15 heteroatoms. The topological polar surface area (TPSA) is 168 Å².